The normalized spacial score (nSPS) is 10.7. The second kappa shape index (κ2) is 48.8. The molecule has 0 bridgehead atoms. The second-order valence-electron chi connectivity index (χ2n) is 27.4. The van der Waals surface area contributed by atoms with Crippen LogP contribution in [-0.2, 0) is 64.6 Å². The summed E-state index contributed by atoms with van der Waals surface area (Å²) >= 11 is 0. The minimum absolute atomic E-state index is 0.0605. The molecule has 658 valence electrons. The topological polar surface area (TPSA) is 265 Å². The molecule has 0 radical (unpaired) electrons. The first kappa shape index (κ1) is 99.2. The zero-order valence-electron chi connectivity index (χ0n) is 70.5. The van der Waals surface area contributed by atoms with Gasteiger partial charge in [-0.2, -0.15) is 39.5 Å². The monoisotopic (exact) mass is 1750 g/mol. The summed E-state index contributed by atoms with van der Waals surface area (Å²) in [4.78, 5) is 112. The summed E-state index contributed by atoms with van der Waals surface area (Å²) in [5.41, 5.74) is 7.24. The van der Waals surface area contributed by atoms with Crippen LogP contribution in [0, 0.1) is 11.8 Å². The summed E-state index contributed by atoms with van der Waals surface area (Å²) in [5.74, 6) is 2.68. The maximum atomic E-state index is 12.5. The molecule has 1 amide bonds. The lowest BCUT2D eigenvalue weighted by Crippen LogP contribution is -2.25. The summed E-state index contributed by atoms with van der Waals surface area (Å²) in [6.45, 7) is 16.2. The lowest BCUT2D eigenvalue weighted by atomic mass is 10.1. The number of carbonyl (C=O) groups is 7. The number of carbonyl (C=O) groups excluding carboxylic acids is 7. The molecule has 127 heavy (non-hydrogen) atoms. The van der Waals surface area contributed by atoms with E-state index in [9.17, 15) is 73.1 Å². The van der Waals surface area contributed by atoms with Crippen LogP contribution < -0.4 is 0 Å². The molecule has 6 aromatic carbocycles. The number of rotatable bonds is 21. The van der Waals surface area contributed by atoms with Crippen LogP contribution in [0.2, 0.25) is 0 Å². The molecule has 0 aliphatic carbocycles. The molecule has 12 rings (SSSR count). The molecule has 0 N–H and O–H groups in total. The van der Waals surface area contributed by atoms with Crippen LogP contribution in [0.1, 0.15) is 161 Å². The van der Waals surface area contributed by atoms with Gasteiger partial charge < -0.3 is 28.4 Å². The average Bonchev–Trinajstić information content (AvgIpc) is 0.826. The van der Waals surface area contributed by atoms with Crippen LogP contribution >= 0.6 is 0 Å². The van der Waals surface area contributed by atoms with Crippen molar-refractivity contribution in [1.82, 2.24) is 35.0 Å². The maximum Gasteiger partial charge on any atom is 0.416 e. The molecule has 0 saturated carbocycles. The third kappa shape index (κ3) is 33.0. The number of amides is 1. The van der Waals surface area contributed by atoms with Crippen LogP contribution in [-0.4, -0.2) is 129 Å². The van der Waals surface area contributed by atoms with Gasteiger partial charge in [0.2, 0.25) is 0 Å². The lowest BCUT2D eigenvalue weighted by molar-refractivity contribution is -0.138. The van der Waals surface area contributed by atoms with Crippen molar-refractivity contribution < 1.29 is 106 Å². The number of hydrogen-bond acceptors (Lipinski definition) is 20. The summed E-state index contributed by atoms with van der Waals surface area (Å²) < 4.78 is 142. The average molecular weight is 1750 g/mol. The Hall–Kier alpha value is -14.9. The summed E-state index contributed by atoms with van der Waals surface area (Å²) in [7, 11) is 4.20. The third-order valence-corrected chi connectivity index (χ3v) is 16.8. The van der Waals surface area contributed by atoms with Crippen molar-refractivity contribution in [2.75, 3.05) is 34.5 Å². The van der Waals surface area contributed by atoms with Gasteiger partial charge in [-0.1, -0.05) is 152 Å². The Morgan fingerprint density at radius 1 is 0.378 bits per heavy atom. The standard InChI is InChI=1S/C18H20N2O4.C17H19NO2.C17H15NO2.C16H12F3NO2.C15H12F3NO2.C14H10F3NO2/c1-12(2)24-18(22)16-7-5-6-15(19-16)13-8-10-14(11-9-13)17(21)20(3)23-4;2*1-13(2)20-17(19)16-10-6-9-15(18-16)12-11-14-7-4-3-5-8-14;1-2-10-22-15(21)14-5-3-4-13(20-14)11-6-8-12(9-7-11)16(17,18)19;1-2-21-14(20)13-5-3-4-12(19-13)10-6-8-11(9-7-10)15(16,17)18;1-20-13(19)12-4-2-3-11(18-12)9-5-7-10(8-6-9)14(15,16)17/h5-12H,1-4H3;3-10,13H,11-12H2,1-2H3;3-10,13H,1-2H3;2-9H,1,10H2;3-9H,2H2,1H3;2-8H,1H3. The van der Waals surface area contributed by atoms with Crippen molar-refractivity contribution in [3.05, 3.63) is 359 Å². The first-order valence-electron chi connectivity index (χ1n) is 39.0. The number of alkyl halides is 9. The van der Waals surface area contributed by atoms with E-state index in [2.05, 4.69) is 65.2 Å². The molecule has 0 fully saturated rings. The highest BCUT2D eigenvalue weighted by Crippen LogP contribution is 2.34. The molecule has 30 heteroatoms. The van der Waals surface area contributed by atoms with E-state index in [0.29, 0.717) is 56.4 Å². The third-order valence-electron chi connectivity index (χ3n) is 16.8. The fourth-order valence-electron chi connectivity index (χ4n) is 10.6. The number of hydrogen-bond donors (Lipinski definition) is 0. The largest absolute Gasteiger partial charge is 0.464 e. The SMILES string of the molecule is C=CCOC(=O)c1cccc(-c2ccc(C(F)(F)F)cc2)n1.CC(C)OC(=O)c1cccc(C#Cc2ccccc2)n1.CC(C)OC(=O)c1cccc(CCc2ccccc2)n1.CCOC(=O)c1cccc(-c2ccc(C(F)(F)F)cc2)n1.COC(=O)c1cccc(-c2ccc(C(F)(F)F)cc2)n1.CON(C)C(=O)c1ccc(-c2cccc(C(=O)OC(C)C)n2)cc1. The first-order valence-corrected chi connectivity index (χ1v) is 39.0. The fraction of sp³-hybridized carbons (Fsp3) is 0.206. The van der Waals surface area contributed by atoms with E-state index in [4.69, 9.17) is 28.5 Å². The molecular weight excluding hydrogens is 1660 g/mol. The predicted molar refractivity (Wildman–Crippen MR) is 457 cm³/mol. The van der Waals surface area contributed by atoms with Gasteiger partial charge in [0.25, 0.3) is 5.91 Å². The number of ether oxygens (including phenoxy) is 6. The highest BCUT2D eigenvalue weighted by molar-refractivity contribution is 5.94. The Morgan fingerprint density at radius 3 is 1.08 bits per heavy atom. The van der Waals surface area contributed by atoms with Crippen LogP contribution in [0.4, 0.5) is 39.5 Å². The van der Waals surface area contributed by atoms with Gasteiger partial charge in [0.15, 0.2) is 0 Å². The maximum absolute atomic E-state index is 12.5. The number of aryl methyl sites for hydroxylation is 2. The molecule has 0 aliphatic rings. The van der Waals surface area contributed by atoms with E-state index >= 15 is 0 Å². The molecule has 6 aromatic heterocycles. The lowest BCUT2D eigenvalue weighted by Gasteiger charge is -2.13. The number of hydroxylamine groups is 2. The predicted octanol–water partition coefficient (Wildman–Crippen LogP) is 21.0. The van der Waals surface area contributed by atoms with E-state index in [1.165, 1.54) is 80.5 Å². The minimum atomic E-state index is -4.39. The summed E-state index contributed by atoms with van der Waals surface area (Å²) in [6.07, 6.45) is -10.5. The van der Waals surface area contributed by atoms with Gasteiger partial charge in [-0.05, 0) is 206 Å². The van der Waals surface area contributed by atoms with Gasteiger partial charge in [-0.3, -0.25) is 9.63 Å². The van der Waals surface area contributed by atoms with Crippen LogP contribution in [0.25, 0.3) is 45.0 Å². The zero-order valence-corrected chi connectivity index (χ0v) is 70.5. The molecule has 0 spiro atoms. The van der Waals surface area contributed by atoms with E-state index in [0.717, 1.165) is 71.1 Å². The molecule has 0 aliphatic heterocycles. The van der Waals surface area contributed by atoms with Gasteiger partial charge in [0, 0.05) is 46.1 Å². The Balaban J connectivity index is 0.000000209. The van der Waals surface area contributed by atoms with Crippen molar-refractivity contribution in [1.29, 1.82) is 0 Å². The number of pyridine rings is 6. The fourth-order valence-corrected chi connectivity index (χ4v) is 10.6. The number of esters is 6. The second-order valence-corrected chi connectivity index (χ2v) is 27.4. The minimum Gasteiger partial charge on any atom is -0.464 e. The van der Waals surface area contributed by atoms with Gasteiger partial charge in [-0.15, -0.1) is 0 Å². The number of methoxy groups -OCH3 is 1. The van der Waals surface area contributed by atoms with Crippen LogP contribution in [0.3, 0.4) is 0 Å². The van der Waals surface area contributed by atoms with Crippen molar-refractivity contribution in [3.63, 3.8) is 0 Å². The van der Waals surface area contributed by atoms with Crippen molar-refractivity contribution in [2.24, 2.45) is 0 Å². The quantitative estimate of drug-likeness (QED) is 0.0162. The van der Waals surface area contributed by atoms with Gasteiger partial charge >= 0.3 is 54.3 Å². The Kier molecular flexibility index (Phi) is 38.2. The number of aromatic nitrogens is 6. The highest BCUT2D eigenvalue weighted by atomic mass is 19.4. The van der Waals surface area contributed by atoms with Crippen molar-refractivity contribution >= 4 is 41.7 Å². The Labute approximate surface area is 727 Å². The van der Waals surface area contributed by atoms with Crippen molar-refractivity contribution in [2.45, 2.75) is 98.1 Å². The molecule has 6 heterocycles. The number of nitrogens with zero attached hydrogens (tertiary/aromatic N) is 7. The summed E-state index contributed by atoms with van der Waals surface area (Å²) in [6, 6.07) is 70.3. The highest BCUT2D eigenvalue weighted by Gasteiger charge is 2.32. The van der Waals surface area contributed by atoms with Crippen LogP contribution in [0.15, 0.2) is 280 Å². The zero-order chi connectivity index (χ0) is 92.8. The molecule has 0 unspecified atom stereocenters. The molecule has 12 aromatic rings. The molecule has 21 nitrogen and oxygen atoms in total. The van der Waals surface area contributed by atoms with Gasteiger partial charge in [0.05, 0.1) is 78.6 Å². The smallest absolute Gasteiger partial charge is 0.416 e. The van der Waals surface area contributed by atoms with Crippen LogP contribution in [0.5, 0.6) is 0 Å². The van der Waals surface area contributed by atoms with E-state index < -0.39 is 65.1 Å². The summed E-state index contributed by atoms with van der Waals surface area (Å²) in [5, 5.41) is 1.15. The van der Waals surface area contributed by atoms with Gasteiger partial charge in [-0.25, -0.2) is 63.7 Å². The molecule has 0 saturated heterocycles. The number of benzene rings is 6. The van der Waals surface area contributed by atoms with E-state index in [-0.39, 0.29) is 71.9 Å². The first-order chi connectivity index (χ1) is 60.5. The number of halogens is 9. The molecule has 0 atom stereocenters. The van der Waals surface area contributed by atoms with Crippen molar-refractivity contribution in [3.8, 4) is 56.9 Å². The molecular formula is C97H88F9N7O14. The van der Waals surface area contributed by atoms with E-state index in [1.54, 1.807) is 145 Å². The Bertz CT molecular complexity index is 5700. The van der Waals surface area contributed by atoms with Gasteiger partial charge in [0.1, 0.15) is 46.5 Å². The van der Waals surface area contributed by atoms with E-state index in [1.807, 2.05) is 74.5 Å². The Morgan fingerprint density at radius 2 is 0.717 bits per heavy atom.